The van der Waals surface area contributed by atoms with Gasteiger partial charge in [-0.25, -0.2) is 4.98 Å². The van der Waals surface area contributed by atoms with E-state index in [2.05, 4.69) is 10.3 Å². The number of fused-ring (bicyclic) bond motifs is 1. The molecule has 6 rings (SSSR count). The van der Waals surface area contributed by atoms with Crippen LogP contribution in [0.4, 0.5) is 0 Å². The molecule has 1 aromatic heterocycles. The minimum atomic E-state index is 0.125. The molecule has 0 spiro atoms. The zero-order valence-corrected chi connectivity index (χ0v) is 14.4. The highest BCUT2D eigenvalue weighted by molar-refractivity contribution is 7.99. The molecule has 24 heavy (non-hydrogen) atoms. The third-order valence-corrected chi connectivity index (χ3v) is 6.98. The van der Waals surface area contributed by atoms with Crippen LogP contribution in [0.15, 0.2) is 33.9 Å². The molecular weight excluding hydrogens is 320 g/mol. The van der Waals surface area contributed by atoms with Gasteiger partial charge in [-0.1, -0.05) is 23.9 Å². The molecule has 4 saturated carbocycles. The van der Waals surface area contributed by atoms with Gasteiger partial charge in [0.25, 0.3) is 5.22 Å². The van der Waals surface area contributed by atoms with E-state index in [4.69, 9.17) is 4.42 Å². The molecule has 4 aliphatic carbocycles. The number of nitrogens with one attached hydrogen (secondary N) is 1. The predicted molar refractivity (Wildman–Crippen MR) is 93.7 cm³/mol. The topological polar surface area (TPSA) is 55.1 Å². The number of hydrogen-bond acceptors (Lipinski definition) is 4. The van der Waals surface area contributed by atoms with Crippen LogP contribution in [0, 0.1) is 23.7 Å². The lowest BCUT2D eigenvalue weighted by atomic mass is 9.54. The van der Waals surface area contributed by atoms with E-state index in [1.807, 2.05) is 24.3 Å². The zero-order valence-electron chi connectivity index (χ0n) is 13.6. The van der Waals surface area contributed by atoms with Crippen molar-refractivity contribution >= 4 is 28.8 Å². The molecule has 2 aromatic rings. The van der Waals surface area contributed by atoms with E-state index in [1.165, 1.54) is 43.9 Å². The Hall–Kier alpha value is -1.49. The highest BCUT2D eigenvalue weighted by Gasteiger charge is 2.48. The van der Waals surface area contributed by atoms with Crippen molar-refractivity contribution in [2.75, 3.05) is 5.75 Å². The first kappa shape index (κ1) is 14.8. The van der Waals surface area contributed by atoms with Crippen molar-refractivity contribution in [2.45, 2.75) is 43.4 Å². The lowest BCUT2D eigenvalue weighted by molar-refractivity contribution is -0.122. The smallest absolute Gasteiger partial charge is 0.257 e. The average Bonchev–Trinajstić information content (AvgIpc) is 2.98. The van der Waals surface area contributed by atoms with Crippen LogP contribution < -0.4 is 5.32 Å². The van der Waals surface area contributed by atoms with Gasteiger partial charge in [-0.15, -0.1) is 0 Å². The van der Waals surface area contributed by atoms with Crippen LogP contribution in [0.3, 0.4) is 0 Å². The van der Waals surface area contributed by atoms with Crippen LogP contribution in [-0.2, 0) is 4.79 Å². The lowest BCUT2D eigenvalue weighted by Crippen LogP contribution is -2.56. The van der Waals surface area contributed by atoms with Crippen molar-refractivity contribution in [1.82, 2.24) is 10.3 Å². The van der Waals surface area contributed by atoms with E-state index in [-0.39, 0.29) is 5.91 Å². The second-order valence-electron chi connectivity index (χ2n) is 7.76. The van der Waals surface area contributed by atoms with Crippen molar-refractivity contribution in [3.8, 4) is 0 Å². The minimum absolute atomic E-state index is 0.125. The Morgan fingerprint density at radius 2 is 1.83 bits per heavy atom. The number of carbonyl (C=O) groups excluding carboxylic acids is 1. The number of hydrogen-bond donors (Lipinski definition) is 1. The van der Waals surface area contributed by atoms with E-state index in [0.717, 1.165) is 34.8 Å². The van der Waals surface area contributed by atoms with Gasteiger partial charge in [0.1, 0.15) is 5.52 Å². The molecular formula is C19H22N2O2S. The summed E-state index contributed by atoms with van der Waals surface area (Å²) in [6, 6.07) is 8.12. The Morgan fingerprint density at radius 3 is 2.54 bits per heavy atom. The summed E-state index contributed by atoms with van der Waals surface area (Å²) in [6.07, 6.45) is 6.76. The maximum Gasteiger partial charge on any atom is 0.257 e. The first-order valence-electron chi connectivity index (χ1n) is 9.02. The van der Waals surface area contributed by atoms with Gasteiger partial charge in [0.05, 0.1) is 5.75 Å². The van der Waals surface area contributed by atoms with E-state index in [1.54, 1.807) is 0 Å². The Balaban J connectivity index is 1.20. The van der Waals surface area contributed by atoms with Crippen LogP contribution in [0.25, 0.3) is 11.1 Å². The van der Waals surface area contributed by atoms with Gasteiger partial charge in [0.2, 0.25) is 5.91 Å². The molecule has 0 atom stereocenters. The van der Waals surface area contributed by atoms with Gasteiger partial charge >= 0.3 is 0 Å². The van der Waals surface area contributed by atoms with Gasteiger partial charge in [-0.3, -0.25) is 4.79 Å². The summed E-state index contributed by atoms with van der Waals surface area (Å²) in [7, 11) is 0. The number of nitrogens with zero attached hydrogens (tertiary/aromatic N) is 1. The Kier molecular flexibility index (Phi) is 3.58. The molecule has 4 aliphatic rings. The maximum absolute atomic E-state index is 12.4. The van der Waals surface area contributed by atoms with Gasteiger partial charge in [-0.2, -0.15) is 0 Å². The van der Waals surface area contributed by atoms with Crippen LogP contribution in [0.1, 0.15) is 32.1 Å². The summed E-state index contributed by atoms with van der Waals surface area (Å²) in [4.78, 5) is 16.8. The number of oxazole rings is 1. The molecule has 4 bridgehead atoms. The lowest BCUT2D eigenvalue weighted by Gasteiger charge is -2.54. The first-order valence-corrected chi connectivity index (χ1v) is 10.0. The van der Waals surface area contributed by atoms with E-state index in [0.29, 0.717) is 17.0 Å². The number of benzene rings is 1. The fourth-order valence-electron chi connectivity index (χ4n) is 5.43. The highest BCUT2D eigenvalue weighted by Crippen LogP contribution is 2.53. The molecule has 126 valence electrons. The largest absolute Gasteiger partial charge is 0.431 e. The summed E-state index contributed by atoms with van der Waals surface area (Å²) in [5.74, 6) is 3.83. The summed E-state index contributed by atoms with van der Waals surface area (Å²) < 4.78 is 5.67. The molecule has 1 heterocycles. The molecule has 4 fully saturated rings. The summed E-state index contributed by atoms with van der Waals surface area (Å²) in [5, 5.41) is 3.92. The SMILES string of the molecule is O=C(CSc1nc2ccccc2o1)NC1C2CC3CC(C2)CC1C3. The number of amides is 1. The van der Waals surface area contributed by atoms with Crippen LogP contribution in [0.2, 0.25) is 0 Å². The van der Waals surface area contributed by atoms with Gasteiger partial charge in [-0.05, 0) is 67.9 Å². The van der Waals surface area contributed by atoms with E-state index < -0.39 is 0 Å². The minimum Gasteiger partial charge on any atom is -0.431 e. The molecule has 4 nitrogen and oxygen atoms in total. The Labute approximate surface area is 145 Å². The quantitative estimate of drug-likeness (QED) is 0.857. The Morgan fingerprint density at radius 1 is 1.12 bits per heavy atom. The normalized spacial score (nSPS) is 33.9. The number of rotatable bonds is 4. The van der Waals surface area contributed by atoms with Gasteiger partial charge in [0.15, 0.2) is 5.58 Å². The molecule has 5 heteroatoms. The van der Waals surface area contributed by atoms with Crippen molar-refractivity contribution in [2.24, 2.45) is 23.7 Å². The number of para-hydroxylation sites is 2. The monoisotopic (exact) mass is 342 g/mol. The van der Waals surface area contributed by atoms with Crippen molar-refractivity contribution in [1.29, 1.82) is 0 Å². The first-order chi connectivity index (χ1) is 11.7. The fraction of sp³-hybridized carbons (Fsp3) is 0.579. The molecule has 1 aromatic carbocycles. The van der Waals surface area contributed by atoms with Crippen LogP contribution in [-0.4, -0.2) is 22.7 Å². The standard InChI is InChI=1S/C19H22N2O2S/c22-17(10-24-19-20-15-3-1-2-4-16(15)23-19)21-18-13-6-11-5-12(8-13)9-14(18)7-11/h1-4,11-14,18H,5-10H2,(H,21,22). The van der Waals surface area contributed by atoms with E-state index in [9.17, 15) is 4.79 Å². The highest BCUT2D eigenvalue weighted by atomic mass is 32.2. The van der Waals surface area contributed by atoms with E-state index >= 15 is 0 Å². The molecule has 0 radical (unpaired) electrons. The fourth-order valence-corrected chi connectivity index (χ4v) is 6.08. The maximum atomic E-state index is 12.4. The second kappa shape index (κ2) is 5.80. The molecule has 0 aliphatic heterocycles. The van der Waals surface area contributed by atoms with Gasteiger partial charge in [0, 0.05) is 6.04 Å². The molecule has 1 amide bonds. The molecule has 0 saturated heterocycles. The second-order valence-corrected chi connectivity index (χ2v) is 8.69. The number of thioether (sulfide) groups is 1. The third kappa shape index (κ3) is 2.63. The third-order valence-electron chi connectivity index (χ3n) is 6.16. The summed E-state index contributed by atoms with van der Waals surface area (Å²) in [5.41, 5.74) is 1.63. The van der Waals surface area contributed by atoms with Crippen LogP contribution in [0.5, 0.6) is 0 Å². The number of carbonyl (C=O) groups is 1. The van der Waals surface area contributed by atoms with Gasteiger partial charge < -0.3 is 9.73 Å². The predicted octanol–water partition coefficient (Wildman–Crippen LogP) is 3.86. The number of aromatic nitrogens is 1. The van der Waals surface area contributed by atoms with Crippen molar-refractivity contribution < 1.29 is 9.21 Å². The zero-order chi connectivity index (χ0) is 16.1. The summed E-state index contributed by atoms with van der Waals surface area (Å²) in [6.45, 7) is 0. The summed E-state index contributed by atoms with van der Waals surface area (Å²) >= 11 is 1.39. The Bertz CT molecular complexity index is 711. The van der Waals surface area contributed by atoms with Crippen molar-refractivity contribution in [3.05, 3.63) is 24.3 Å². The van der Waals surface area contributed by atoms with Crippen LogP contribution >= 0.6 is 11.8 Å². The average molecular weight is 342 g/mol. The molecule has 0 unspecified atom stereocenters. The van der Waals surface area contributed by atoms with Crippen molar-refractivity contribution in [3.63, 3.8) is 0 Å². The molecule has 1 N–H and O–H groups in total.